The summed E-state index contributed by atoms with van der Waals surface area (Å²) in [5.41, 5.74) is 3.92. The topological polar surface area (TPSA) is 64.6 Å². The zero-order valence-corrected chi connectivity index (χ0v) is 12.7. The second kappa shape index (κ2) is 6.90. The molecule has 0 spiro atoms. The van der Waals surface area contributed by atoms with Gasteiger partial charge >= 0.3 is 11.9 Å². The van der Waals surface area contributed by atoms with E-state index < -0.39 is 11.9 Å². The average Bonchev–Trinajstić information content (AvgIpc) is 2.53. The zero-order valence-electron chi connectivity index (χ0n) is 11.1. The van der Waals surface area contributed by atoms with Crippen LogP contribution in [-0.2, 0) is 9.57 Å². The molecule has 0 aliphatic carbocycles. The van der Waals surface area contributed by atoms with Crippen LogP contribution in [0.3, 0.4) is 0 Å². The van der Waals surface area contributed by atoms with Crippen LogP contribution in [0, 0.1) is 0 Å². The molecule has 0 bridgehead atoms. The molecule has 108 valence electrons. The molecule has 0 saturated carbocycles. The van der Waals surface area contributed by atoms with Crippen LogP contribution >= 0.6 is 15.9 Å². The van der Waals surface area contributed by atoms with E-state index in [1.54, 1.807) is 48.5 Å². The molecule has 0 aliphatic heterocycles. The van der Waals surface area contributed by atoms with Crippen LogP contribution in [-0.4, -0.2) is 19.0 Å². The van der Waals surface area contributed by atoms with E-state index in [2.05, 4.69) is 26.1 Å². The molecular weight excluding hydrogens is 338 g/mol. The van der Waals surface area contributed by atoms with Gasteiger partial charge in [-0.2, -0.15) is 0 Å². The first-order valence-corrected chi connectivity index (χ1v) is 6.80. The van der Waals surface area contributed by atoms with E-state index in [0.29, 0.717) is 16.8 Å². The minimum atomic E-state index is -0.500. The maximum absolute atomic E-state index is 11.8. The van der Waals surface area contributed by atoms with Gasteiger partial charge in [0.15, 0.2) is 0 Å². The fourth-order valence-electron chi connectivity index (χ4n) is 1.54. The van der Waals surface area contributed by atoms with Gasteiger partial charge in [-0.05, 0) is 48.5 Å². The third-order valence-electron chi connectivity index (χ3n) is 2.65. The van der Waals surface area contributed by atoms with E-state index >= 15 is 0 Å². The number of carbonyl (C=O) groups excluding carboxylic acids is 2. The lowest BCUT2D eigenvalue weighted by Crippen LogP contribution is -2.10. The normalized spacial score (nSPS) is 9.81. The summed E-state index contributed by atoms with van der Waals surface area (Å²) in [4.78, 5) is 28.0. The molecule has 0 saturated heterocycles. The van der Waals surface area contributed by atoms with Crippen molar-refractivity contribution in [3.05, 3.63) is 64.1 Å². The van der Waals surface area contributed by atoms with Gasteiger partial charge in [0.05, 0.1) is 23.9 Å². The van der Waals surface area contributed by atoms with Crippen molar-refractivity contribution >= 4 is 33.6 Å². The van der Waals surface area contributed by atoms with Crippen molar-refractivity contribution in [1.29, 1.82) is 0 Å². The predicted octanol–water partition coefficient (Wildman–Crippen LogP) is 3.42. The lowest BCUT2D eigenvalue weighted by atomic mass is 10.2. The van der Waals surface area contributed by atoms with Gasteiger partial charge in [0, 0.05) is 4.47 Å². The standard InChI is InChI=1S/C15H12BrNO4/c1-20-14(18)10-4-8-13(9-5-10)17-21-15(19)11-2-6-12(16)7-3-11/h2-9,17H,1H3. The molecule has 0 unspecified atom stereocenters. The van der Waals surface area contributed by atoms with Gasteiger partial charge in [0.25, 0.3) is 0 Å². The van der Waals surface area contributed by atoms with E-state index in [1.165, 1.54) is 7.11 Å². The number of benzene rings is 2. The minimum Gasteiger partial charge on any atom is -0.465 e. The minimum absolute atomic E-state index is 0.419. The number of methoxy groups -OCH3 is 1. The second-order valence-corrected chi connectivity index (χ2v) is 4.98. The Bertz CT molecular complexity index is 638. The highest BCUT2D eigenvalue weighted by Crippen LogP contribution is 2.13. The van der Waals surface area contributed by atoms with Crippen molar-refractivity contribution < 1.29 is 19.2 Å². The monoisotopic (exact) mass is 349 g/mol. The molecule has 21 heavy (non-hydrogen) atoms. The van der Waals surface area contributed by atoms with Crippen LogP contribution in [0.5, 0.6) is 0 Å². The van der Waals surface area contributed by atoms with Crippen LogP contribution in [0.2, 0.25) is 0 Å². The van der Waals surface area contributed by atoms with Gasteiger partial charge in [-0.25, -0.2) is 15.1 Å². The highest BCUT2D eigenvalue weighted by molar-refractivity contribution is 9.10. The number of carbonyl (C=O) groups is 2. The van der Waals surface area contributed by atoms with Crippen molar-refractivity contribution in [2.45, 2.75) is 0 Å². The number of hydrogen-bond donors (Lipinski definition) is 1. The molecular formula is C15H12BrNO4. The molecule has 0 aromatic heterocycles. The number of anilines is 1. The number of ether oxygens (including phenoxy) is 1. The summed E-state index contributed by atoms with van der Waals surface area (Å²) >= 11 is 3.29. The van der Waals surface area contributed by atoms with E-state index in [9.17, 15) is 9.59 Å². The Balaban J connectivity index is 1.95. The summed E-state index contributed by atoms with van der Waals surface area (Å²) in [6, 6.07) is 13.2. The van der Waals surface area contributed by atoms with Gasteiger partial charge in [0.1, 0.15) is 0 Å². The van der Waals surface area contributed by atoms with E-state index in [4.69, 9.17) is 4.84 Å². The SMILES string of the molecule is COC(=O)c1ccc(NOC(=O)c2ccc(Br)cc2)cc1. The Morgan fingerprint density at radius 1 is 0.905 bits per heavy atom. The summed E-state index contributed by atoms with van der Waals surface area (Å²) in [6.07, 6.45) is 0. The molecule has 5 nitrogen and oxygen atoms in total. The first-order valence-electron chi connectivity index (χ1n) is 6.01. The zero-order chi connectivity index (χ0) is 15.2. The number of hydrogen-bond acceptors (Lipinski definition) is 5. The highest BCUT2D eigenvalue weighted by Gasteiger charge is 2.08. The van der Waals surface area contributed by atoms with Crippen molar-refractivity contribution in [3.63, 3.8) is 0 Å². The molecule has 2 rings (SSSR count). The van der Waals surface area contributed by atoms with E-state index in [1.807, 2.05) is 0 Å². The molecule has 6 heteroatoms. The number of rotatable bonds is 4. The van der Waals surface area contributed by atoms with Gasteiger partial charge in [-0.3, -0.25) is 0 Å². The van der Waals surface area contributed by atoms with Crippen molar-refractivity contribution in [2.75, 3.05) is 12.6 Å². The predicted molar refractivity (Wildman–Crippen MR) is 81.0 cm³/mol. The maximum atomic E-state index is 11.8. The Morgan fingerprint density at radius 3 is 2.00 bits per heavy atom. The van der Waals surface area contributed by atoms with Crippen molar-refractivity contribution in [1.82, 2.24) is 0 Å². The number of esters is 1. The molecule has 2 aromatic carbocycles. The van der Waals surface area contributed by atoms with Crippen LogP contribution < -0.4 is 5.48 Å². The Morgan fingerprint density at radius 2 is 1.43 bits per heavy atom. The third kappa shape index (κ3) is 4.06. The fourth-order valence-corrected chi connectivity index (χ4v) is 1.81. The molecule has 1 N–H and O–H groups in total. The number of halogens is 1. The van der Waals surface area contributed by atoms with Crippen LogP contribution in [0.1, 0.15) is 20.7 Å². The largest absolute Gasteiger partial charge is 0.465 e. The van der Waals surface area contributed by atoms with E-state index in [-0.39, 0.29) is 0 Å². The molecule has 0 heterocycles. The van der Waals surface area contributed by atoms with Crippen LogP contribution in [0.4, 0.5) is 5.69 Å². The van der Waals surface area contributed by atoms with Gasteiger partial charge in [-0.1, -0.05) is 15.9 Å². The second-order valence-electron chi connectivity index (χ2n) is 4.07. The molecule has 2 aromatic rings. The quantitative estimate of drug-likeness (QED) is 0.676. The summed E-state index contributed by atoms with van der Waals surface area (Å²) in [5, 5.41) is 0. The van der Waals surface area contributed by atoms with E-state index in [0.717, 1.165) is 4.47 Å². The Kier molecular flexibility index (Phi) is 4.94. The lowest BCUT2D eigenvalue weighted by molar-refractivity contribution is 0.0587. The van der Waals surface area contributed by atoms with Crippen molar-refractivity contribution in [2.24, 2.45) is 0 Å². The first-order chi connectivity index (χ1) is 10.1. The molecule has 0 aliphatic rings. The molecule has 0 atom stereocenters. The lowest BCUT2D eigenvalue weighted by Gasteiger charge is -2.07. The molecule has 0 radical (unpaired) electrons. The number of nitrogens with one attached hydrogen (secondary N) is 1. The summed E-state index contributed by atoms with van der Waals surface area (Å²) in [7, 11) is 1.31. The highest BCUT2D eigenvalue weighted by atomic mass is 79.9. The van der Waals surface area contributed by atoms with Crippen LogP contribution in [0.15, 0.2) is 53.0 Å². The smallest absolute Gasteiger partial charge is 0.362 e. The molecule has 0 amide bonds. The average molecular weight is 350 g/mol. The van der Waals surface area contributed by atoms with Gasteiger partial charge < -0.3 is 9.57 Å². The third-order valence-corrected chi connectivity index (χ3v) is 3.18. The maximum Gasteiger partial charge on any atom is 0.362 e. The first kappa shape index (κ1) is 15.1. The van der Waals surface area contributed by atoms with Crippen LogP contribution in [0.25, 0.3) is 0 Å². The van der Waals surface area contributed by atoms with Gasteiger partial charge in [0.2, 0.25) is 0 Å². The Hall–Kier alpha value is -2.34. The molecule has 0 fully saturated rings. The summed E-state index contributed by atoms with van der Waals surface area (Å²) in [5.74, 6) is -0.923. The van der Waals surface area contributed by atoms with Crippen molar-refractivity contribution in [3.8, 4) is 0 Å². The Labute approximate surface area is 130 Å². The van der Waals surface area contributed by atoms with Gasteiger partial charge in [-0.15, -0.1) is 0 Å². The summed E-state index contributed by atoms with van der Waals surface area (Å²) in [6.45, 7) is 0. The fraction of sp³-hybridized carbons (Fsp3) is 0.0667. The summed E-state index contributed by atoms with van der Waals surface area (Å²) < 4.78 is 5.47.